The van der Waals surface area contributed by atoms with Crippen molar-refractivity contribution in [2.75, 3.05) is 18.4 Å². The van der Waals surface area contributed by atoms with Crippen molar-refractivity contribution in [3.8, 4) is 0 Å². The van der Waals surface area contributed by atoms with Gasteiger partial charge in [0.15, 0.2) is 5.11 Å². The molecule has 0 aliphatic rings. The van der Waals surface area contributed by atoms with Gasteiger partial charge in [0.1, 0.15) is 5.82 Å². The van der Waals surface area contributed by atoms with Gasteiger partial charge in [0.05, 0.1) is 0 Å². The molecular formula is C13H15FN2S. The number of hydrogen-bond acceptors (Lipinski definition) is 1. The van der Waals surface area contributed by atoms with Gasteiger partial charge in [0.2, 0.25) is 0 Å². The lowest BCUT2D eigenvalue weighted by Gasteiger charge is -2.23. The van der Waals surface area contributed by atoms with Gasteiger partial charge in [-0.1, -0.05) is 12.2 Å². The molecule has 0 spiro atoms. The summed E-state index contributed by atoms with van der Waals surface area (Å²) in [6.45, 7) is 8.62. The predicted molar refractivity (Wildman–Crippen MR) is 74.6 cm³/mol. The molecule has 0 unspecified atom stereocenters. The van der Waals surface area contributed by atoms with E-state index in [1.54, 1.807) is 24.3 Å². The molecule has 0 radical (unpaired) electrons. The molecule has 1 N–H and O–H groups in total. The molecule has 90 valence electrons. The van der Waals surface area contributed by atoms with E-state index in [9.17, 15) is 4.39 Å². The molecule has 0 aliphatic heterocycles. The van der Waals surface area contributed by atoms with Crippen LogP contribution in [0, 0.1) is 5.82 Å². The number of rotatable bonds is 5. The van der Waals surface area contributed by atoms with Gasteiger partial charge in [-0.05, 0) is 36.5 Å². The smallest absolute Gasteiger partial charge is 0.173 e. The molecule has 0 amide bonds. The molecule has 0 saturated carbocycles. The molecule has 0 heterocycles. The molecule has 1 aromatic rings. The Morgan fingerprint density at radius 2 is 1.76 bits per heavy atom. The lowest BCUT2D eigenvalue weighted by atomic mass is 10.3. The van der Waals surface area contributed by atoms with Gasteiger partial charge < -0.3 is 10.2 Å². The summed E-state index contributed by atoms with van der Waals surface area (Å²) in [6.07, 6.45) is 3.53. The van der Waals surface area contributed by atoms with Crippen LogP contribution in [0.15, 0.2) is 49.6 Å². The van der Waals surface area contributed by atoms with E-state index in [4.69, 9.17) is 12.2 Å². The zero-order valence-corrected chi connectivity index (χ0v) is 10.3. The Morgan fingerprint density at radius 3 is 2.24 bits per heavy atom. The topological polar surface area (TPSA) is 15.3 Å². The van der Waals surface area contributed by atoms with Crippen molar-refractivity contribution < 1.29 is 4.39 Å². The van der Waals surface area contributed by atoms with Crippen molar-refractivity contribution in [3.05, 3.63) is 55.4 Å². The third-order valence-corrected chi connectivity index (χ3v) is 2.44. The number of benzene rings is 1. The fourth-order valence-corrected chi connectivity index (χ4v) is 1.55. The third-order valence-electron chi connectivity index (χ3n) is 2.08. The van der Waals surface area contributed by atoms with Gasteiger partial charge in [-0.15, -0.1) is 13.2 Å². The van der Waals surface area contributed by atoms with E-state index in [-0.39, 0.29) is 5.82 Å². The summed E-state index contributed by atoms with van der Waals surface area (Å²) in [5.41, 5.74) is 0.759. The molecule has 0 aliphatic carbocycles. The van der Waals surface area contributed by atoms with Crippen LogP contribution in [-0.4, -0.2) is 23.1 Å². The van der Waals surface area contributed by atoms with Gasteiger partial charge in [-0.3, -0.25) is 0 Å². The van der Waals surface area contributed by atoms with Gasteiger partial charge in [-0.25, -0.2) is 4.39 Å². The maximum Gasteiger partial charge on any atom is 0.173 e. The number of hydrogen-bond donors (Lipinski definition) is 1. The van der Waals surface area contributed by atoms with E-state index in [0.717, 1.165) is 5.69 Å². The number of nitrogens with one attached hydrogen (secondary N) is 1. The molecule has 2 nitrogen and oxygen atoms in total. The van der Waals surface area contributed by atoms with Crippen molar-refractivity contribution in [1.82, 2.24) is 4.90 Å². The van der Waals surface area contributed by atoms with Crippen LogP contribution < -0.4 is 5.32 Å². The van der Waals surface area contributed by atoms with Crippen LogP contribution >= 0.6 is 12.2 Å². The minimum Gasteiger partial charge on any atom is -0.342 e. The maximum absolute atomic E-state index is 12.7. The molecular weight excluding hydrogens is 235 g/mol. The number of thiocarbonyl (C=S) groups is 1. The van der Waals surface area contributed by atoms with Gasteiger partial charge >= 0.3 is 0 Å². The summed E-state index contributed by atoms with van der Waals surface area (Å²) < 4.78 is 12.7. The summed E-state index contributed by atoms with van der Waals surface area (Å²) in [6, 6.07) is 6.05. The van der Waals surface area contributed by atoms with Crippen LogP contribution in [0.1, 0.15) is 0 Å². The second kappa shape index (κ2) is 6.81. The monoisotopic (exact) mass is 250 g/mol. The predicted octanol–water partition coefficient (Wildman–Crippen LogP) is 3.20. The molecule has 0 bridgehead atoms. The molecule has 0 fully saturated rings. The highest BCUT2D eigenvalue weighted by atomic mass is 32.1. The van der Waals surface area contributed by atoms with Gasteiger partial charge in [0, 0.05) is 18.8 Å². The summed E-state index contributed by atoms with van der Waals surface area (Å²) in [7, 11) is 0. The average Bonchev–Trinajstić information content (AvgIpc) is 2.32. The van der Waals surface area contributed by atoms with Crippen LogP contribution in [0.5, 0.6) is 0 Å². The fraction of sp³-hybridized carbons (Fsp3) is 0.154. The standard InChI is InChI=1S/C13H15FN2S/c1-3-9-16(10-4-2)13(17)15-12-7-5-11(14)6-8-12/h3-8H,1-2,9-10H2,(H,15,17). The maximum atomic E-state index is 12.7. The van der Waals surface area contributed by atoms with E-state index in [2.05, 4.69) is 18.5 Å². The van der Waals surface area contributed by atoms with E-state index < -0.39 is 0 Å². The Labute approximate surface area is 106 Å². The minimum atomic E-state index is -0.268. The number of halogens is 1. The molecule has 0 atom stereocenters. The van der Waals surface area contributed by atoms with Crippen LogP contribution in [0.4, 0.5) is 10.1 Å². The van der Waals surface area contributed by atoms with Crippen molar-refractivity contribution in [3.63, 3.8) is 0 Å². The molecule has 1 rings (SSSR count). The number of anilines is 1. The first-order valence-electron chi connectivity index (χ1n) is 5.20. The summed E-state index contributed by atoms with van der Waals surface area (Å²) in [5, 5.41) is 3.60. The quantitative estimate of drug-likeness (QED) is 0.638. The minimum absolute atomic E-state index is 0.268. The fourth-order valence-electron chi connectivity index (χ4n) is 1.29. The highest BCUT2D eigenvalue weighted by Crippen LogP contribution is 2.09. The molecule has 1 aromatic carbocycles. The summed E-state index contributed by atoms with van der Waals surface area (Å²) in [4.78, 5) is 1.90. The zero-order chi connectivity index (χ0) is 12.7. The van der Waals surface area contributed by atoms with Crippen LogP contribution in [0.3, 0.4) is 0 Å². The average molecular weight is 250 g/mol. The third kappa shape index (κ3) is 4.36. The van der Waals surface area contributed by atoms with Gasteiger partial charge in [-0.2, -0.15) is 0 Å². The highest BCUT2D eigenvalue weighted by Gasteiger charge is 2.06. The van der Waals surface area contributed by atoms with Crippen LogP contribution in [0.25, 0.3) is 0 Å². The van der Waals surface area contributed by atoms with E-state index in [0.29, 0.717) is 18.2 Å². The van der Waals surface area contributed by atoms with Crippen molar-refractivity contribution in [2.45, 2.75) is 0 Å². The van der Waals surface area contributed by atoms with Crippen molar-refractivity contribution in [1.29, 1.82) is 0 Å². The lowest BCUT2D eigenvalue weighted by molar-refractivity contribution is 0.522. The first kappa shape index (κ1) is 13.4. The van der Waals surface area contributed by atoms with Crippen LogP contribution in [0.2, 0.25) is 0 Å². The van der Waals surface area contributed by atoms with Crippen molar-refractivity contribution >= 4 is 23.0 Å². The highest BCUT2D eigenvalue weighted by molar-refractivity contribution is 7.80. The Bertz CT molecular complexity index is 390. The Morgan fingerprint density at radius 1 is 1.24 bits per heavy atom. The summed E-state index contributed by atoms with van der Waals surface area (Å²) in [5.74, 6) is -0.268. The second-order valence-corrected chi connectivity index (χ2v) is 3.81. The van der Waals surface area contributed by atoms with E-state index in [1.807, 2.05) is 4.90 Å². The largest absolute Gasteiger partial charge is 0.342 e. The second-order valence-electron chi connectivity index (χ2n) is 3.42. The Kier molecular flexibility index (Phi) is 5.36. The molecule has 0 aromatic heterocycles. The SMILES string of the molecule is C=CCN(CC=C)C(=S)Nc1ccc(F)cc1. The molecule has 0 saturated heterocycles. The van der Waals surface area contributed by atoms with E-state index in [1.165, 1.54) is 12.1 Å². The Balaban J connectivity index is 2.65. The van der Waals surface area contributed by atoms with Crippen LogP contribution in [-0.2, 0) is 0 Å². The Hall–Kier alpha value is -1.68. The summed E-state index contributed by atoms with van der Waals surface area (Å²) >= 11 is 5.25. The lowest BCUT2D eigenvalue weighted by Crippen LogP contribution is -2.34. The normalized spacial score (nSPS) is 9.47. The molecule has 4 heteroatoms. The van der Waals surface area contributed by atoms with E-state index >= 15 is 0 Å². The first-order valence-corrected chi connectivity index (χ1v) is 5.61. The van der Waals surface area contributed by atoms with Gasteiger partial charge in [0.25, 0.3) is 0 Å². The zero-order valence-electron chi connectivity index (χ0n) is 9.53. The van der Waals surface area contributed by atoms with Crippen molar-refractivity contribution in [2.24, 2.45) is 0 Å². The first-order chi connectivity index (χ1) is 8.17. The number of nitrogens with zero attached hydrogens (tertiary/aromatic N) is 1. The molecule has 17 heavy (non-hydrogen) atoms.